The molecule has 1 aliphatic rings. The van der Waals surface area contributed by atoms with Crippen LogP contribution < -0.4 is 14.2 Å². The molecule has 0 bridgehead atoms. The molecule has 0 saturated carbocycles. The van der Waals surface area contributed by atoms with E-state index in [-0.39, 0.29) is 4.90 Å². The molecule has 9 heteroatoms. The van der Waals surface area contributed by atoms with Gasteiger partial charge < -0.3 is 14.6 Å². The molecule has 1 unspecified atom stereocenters. The van der Waals surface area contributed by atoms with Crippen LogP contribution in [0.1, 0.15) is 36.9 Å². The highest BCUT2D eigenvalue weighted by molar-refractivity contribution is 7.89. The van der Waals surface area contributed by atoms with Crippen LogP contribution in [0.3, 0.4) is 0 Å². The molecule has 4 rings (SSSR count). The summed E-state index contributed by atoms with van der Waals surface area (Å²) in [5.74, 6) is 0.137. The maximum atomic E-state index is 13.1. The molecule has 1 heterocycles. The van der Waals surface area contributed by atoms with Crippen LogP contribution in [0, 0.1) is 0 Å². The number of sulfonamides is 1. The minimum Gasteiger partial charge on any atom is -0.494 e. The first-order chi connectivity index (χ1) is 16.4. The molecule has 1 aromatic heterocycles. The zero-order valence-corrected chi connectivity index (χ0v) is 19.5. The summed E-state index contributed by atoms with van der Waals surface area (Å²) in [5.41, 5.74) is 3.11. The van der Waals surface area contributed by atoms with E-state index in [1.54, 1.807) is 18.2 Å². The van der Waals surface area contributed by atoms with E-state index < -0.39 is 28.6 Å². The number of carboxylic acids is 1. The fraction of sp³-hybridized carbons (Fsp3) is 0.280. The molecule has 34 heavy (non-hydrogen) atoms. The Kier molecular flexibility index (Phi) is 7.14. The predicted octanol–water partition coefficient (Wildman–Crippen LogP) is 3.97. The molecule has 0 fully saturated rings. The SMILES string of the molecule is CCOc1cccc(-c2ccc(S(=O)(=O)NC3CCCc4c(OCC(=O)O)cccc43)cn2)c1. The van der Waals surface area contributed by atoms with Gasteiger partial charge in [-0.3, -0.25) is 4.98 Å². The van der Waals surface area contributed by atoms with Gasteiger partial charge in [-0.15, -0.1) is 0 Å². The molecule has 2 aromatic carbocycles. The second-order valence-corrected chi connectivity index (χ2v) is 9.63. The number of aromatic nitrogens is 1. The highest BCUT2D eigenvalue weighted by atomic mass is 32.2. The van der Waals surface area contributed by atoms with Gasteiger partial charge in [0.2, 0.25) is 10.0 Å². The fourth-order valence-corrected chi connectivity index (χ4v) is 5.28. The van der Waals surface area contributed by atoms with Gasteiger partial charge in [-0.2, -0.15) is 0 Å². The number of nitrogens with zero attached hydrogens (tertiary/aromatic N) is 1. The van der Waals surface area contributed by atoms with Gasteiger partial charge in [0.15, 0.2) is 6.61 Å². The zero-order chi connectivity index (χ0) is 24.1. The first kappa shape index (κ1) is 23.7. The number of carbonyl (C=O) groups is 1. The number of rotatable bonds is 9. The van der Waals surface area contributed by atoms with Gasteiger partial charge in [0.05, 0.1) is 12.3 Å². The third-order valence-electron chi connectivity index (χ3n) is 5.60. The summed E-state index contributed by atoms with van der Waals surface area (Å²) in [7, 11) is -3.83. The summed E-state index contributed by atoms with van der Waals surface area (Å²) < 4.78 is 40.0. The van der Waals surface area contributed by atoms with E-state index in [0.29, 0.717) is 30.9 Å². The van der Waals surface area contributed by atoms with Crippen molar-refractivity contribution in [1.29, 1.82) is 0 Å². The van der Waals surface area contributed by atoms with Crippen LogP contribution >= 0.6 is 0 Å². The van der Waals surface area contributed by atoms with E-state index in [0.717, 1.165) is 28.9 Å². The number of ether oxygens (including phenoxy) is 2. The molecule has 0 spiro atoms. The van der Waals surface area contributed by atoms with E-state index in [2.05, 4.69) is 9.71 Å². The second kappa shape index (κ2) is 10.2. The Morgan fingerprint density at radius 3 is 2.71 bits per heavy atom. The number of nitrogens with one attached hydrogen (secondary N) is 1. The third-order valence-corrected chi connectivity index (χ3v) is 7.06. The summed E-state index contributed by atoms with van der Waals surface area (Å²) in [6.45, 7) is 2.02. The Labute approximate surface area is 198 Å². The predicted molar refractivity (Wildman–Crippen MR) is 126 cm³/mol. The highest BCUT2D eigenvalue weighted by Crippen LogP contribution is 2.36. The largest absolute Gasteiger partial charge is 0.494 e. The lowest BCUT2D eigenvalue weighted by atomic mass is 9.87. The molecular formula is C25H26N2O6S. The second-order valence-electron chi connectivity index (χ2n) is 7.91. The molecule has 2 N–H and O–H groups in total. The molecule has 3 aromatic rings. The van der Waals surface area contributed by atoms with Crippen LogP contribution in [0.25, 0.3) is 11.3 Å². The van der Waals surface area contributed by atoms with Gasteiger partial charge >= 0.3 is 5.97 Å². The van der Waals surface area contributed by atoms with Crippen molar-refractivity contribution in [3.63, 3.8) is 0 Å². The lowest BCUT2D eigenvalue weighted by molar-refractivity contribution is -0.139. The van der Waals surface area contributed by atoms with Crippen LogP contribution in [0.2, 0.25) is 0 Å². The summed E-state index contributed by atoms with van der Waals surface area (Å²) >= 11 is 0. The van der Waals surface area contributed by atoms with Gasteiger partial charge in [-0.05, 0) is 67.6 Å². The molecule has 1 atom stereocenters. The number of hydrogen-bond acceptors (Lipinski definition) is 6. The Hall–Kier alpha value is -3.43. The normalized spacial score (nSPS) is 15.4. The topological polar surface area (TPSA) is 115 Å². The van der Waals surface area contributed by atoms with Crippen molar-refractivity contribution in [3.8, 4) is 22.8 Å². The Morgan fingerprint density at radius 1 is 1.15 bits per heavy atom. The summed E-state index contributed by atoms with van der Waals surface area (Å²) in [6, 6.07) is 15.5. The number of fused-ring (bicyclic) bond motifs is 1. The van der Waals surface area contributed by atoms with E-state index >= 15 is 0 Å². The number of hydrogen-bond donors (Lipinski definition) is 2. The van der Waals surface area contributed by atoms with Crippen LogP contribution in [0.15, 0.2) is 65.7 Å². The van der Waals surface area contributed by atoms with Crippen LogP contribution in [0.4, 0.5) is 0 Å². The van der Waals surface area contributed by atoms with Crippen molar-refractivity contribution in [2.75, 3.05) is 13.2 Å². The van der Waals surface area contributed by atoms with E-state index in [4.69, 9.17) is 14.6 Å². The molecule has 0 radical (unpaired) electrons. The van der Waals surface area contributed by atoms with Gasteiger partial charge in [0, 0.05) is 17.8 Å². The van der Waals surface area contributed by atoms with Gasteiger partial charge in [-0.1, -0.05) is 24.3 Å². The van der Waals surface area contributed by atoms with Crippen molar-refractivity contribution in [3.05, 3.63) is 71.9 Å². The molecule has 1 aliphatic carbocycles. The van der Waals surface area contributed by atoms with Crippen LogP contribution in [-0.2, 0) is 21.2 Å². The van der Waals surface area contributed by atoms with E-state index in [9.17, 15) is 13.2 Å². The lowest BCUT2D eigenvalue weighted by Crippen LogP contribution is -2.31. The van der Waals surface area contributed by atoms with Gasteiger partial charge in [0.25, 0.3) is 0 Å². The zero-order valence-electron chi connectivity index (χ0n) is 18.7. The van der Waals surface area contributed by atoms with Crippen molar-refractivity contribution in [2.24, 2.45) is 0 Å². The minimum atomic E-state index is -3.83. The van der Waals surface area contributed by atoms with Gasteiger partial charge in [-0.25, -0.2) is 17.9 Å². The molecule has 8 nitrogen and oxygen atoms in total. The Balaban J connectivity index is 1.54. The Morgan fingerprint density at radius 2 is 1.97 bits per heavy atom. The first-order valence-electron chi connectivity index (χ1n) is 11.1. The molecule has 0 saturated heterocycles. The smallest absolute Gasteiger partial charge is 0.341 e. The Bertz CT molecular complexity index is 1270. The van der Waals surface area contributed by atoms with Gasteiger partial charge in [0.1, 0.15) is 16.4 Å². The van der Waals surface area contributed by atoms with E-state index in [1.165, 1.54) is 12.3 Å². The molecule has 0 amide bonds. The van der Waals surface area contributed by atoms with Crippen molar-refractivity contribution in [1.82, 2.24) is 9.71 Å². The number of benzene rings is 2. The summed E-state index contributed by atoms with van der Waals surface area (Å²) in [6.07, 6.45) is 3.42. The maximum absolute atomic E-state index is 13.1. The first-order valence-corrected chi connectivity index (χ1v) is 12.5. The molecule has 0 aliphatic heterocycles. The quantitative estimate of drug-likeness (QED) is 0.474. The number of carboxylic acid groups (broad SMARTS) is 1. The monoisotopic (exact) mass is 482 g/mol. The fourth-order valence-electron chi connectivity index (χ4n) is 4.09. The summed E-state index contributed by atoms with van der Waals surface area (Å²) in [4.78, 5) is 15.3. The standard InChI is InChI=1S/C25H26N2O6S/c1-2-32-18-7-3-6-17(14-18)22-13-12-19(15-26-22)34(30,31)27-23-10-4-9-21-20(23)8-5-11-24(21)33-16-25(28)29/h3,5-8,11-15,23,27H,2,4,9-10,16H2,1H3,(H,28,29). The average molecular weight is 483 g/mol. The minimum absolute atomic E-state index is 0.0719. The number of aliphatic carboxylic acids is 1. The van der Waals surface area contributed by atoms with E-state index in [1.807, 2.05) is 37.3 Å². The van der Waals surface area contributed by atoms with Crippen molar-refractivity contribution < 1.29 is 27.8 Å². The molecular weight excluding hydrogens is 456 g/mol. The van der Waals surface area contributed by atoms with Crippen molar-refractivity contribution >= 4 is 16.0 Å². The number of pyridine rings is 1. The molecule has 178 valence electrons. The van der Waals surface area contributed by atoms with Crippen molar-refractivity contribution in [2.45, 2.75) is 37.1 Å². The maximum Gasteiger partial charge on any atom is 0.341 e. The highest BCUT2D eigenvalue weighted by Gasteiger charge is 2.28. The van der Waals surface area contributed by atoms with Crippen LogP contribution in [-0.4, -0.2) is 37.7 Å². The average Bonchev–Trinajstić information content (AvgIpc) is 2.83. The van der Waals surface area contributed by atoms with Crippen LogP contribution in [0.5, 0.6) is 11.5 Å². The lowest BCUT2D eigenvalue weighted by Gasteiger charge is -2.27. The third kappa shape index (κ3) is 5.37. The summed E-state index contributed by atoms with van der Waals surface area (Å²) in [5, 5.41) is 8.91.